The Morgan fingerprint density at radius 2 is 0.674 bits per heavy atom. The second-order valence-electron chi connectivity index (χ2n) is 28.1. The molecule has 0 bridgehead atoms. The van der Waals surface area contributed by atoms with Crippen molar-refractivity contribution in [3.63, 3.8) is 0 Å². The molecule has 0 aromatic rings. The molecule has 0 aliphatic carbocycles. The Bertz CT molecular complexity index is 1640. The van der Waals surface area contributed by atoms with Crippen molar-refractivity contribution < 1.29 is 32.9 Å². The maximum atomic E-state index is 13.1. The molecule has 3 atom stereocenters. The predicted molar refractivity (Wildman–Crippen MR) is 392 cm³/mol. The number of unbranched alkanes of at least 4 members (excludes halogenated alkanes) is 50. The third kappa shape index (κ3) is 73.5. The van der Waals surface area contributed by atoms with Crippen molar-refractivity contribution in [1.82, 2.24) is 5.32 Å². The van der Waals surface area contributed by atoms with E-state index in [-0.39, 0.29) is 19.1 Å². The van der Waals surface area contributed by atoms with E-state index in [9.17, 15) is 19.4 Å². The Hall–Kier alpha value is -1.80. The van der Waals surface area contributed by atoms with Gasteiger partial charge in [0.2, 0.25) is 5.91 Å². The number of rotatable bonds is 73. The van der Waals surface area contributed by atoms with Crippen LogP contribution in [0.25, 0.3) is 0 Å². The summed E-state index contributed by atoms with van der Waals surface area (Å²) < 4.78 is 24.0. The van der Waals surface area contributed by atoms with E-state index in [2.05, 4.69) is 79.9 Å². The molecule has 8 nitrogen and oxygen atoms in total. The first-order valence-electron chi connectivity index (χ1n) is 39.2. The van der Waals surface area contributed by atoms with E-state index in [4.69, 9.17) is 9.05 Å². The Labute approximate surface area is 555 Å². The van der Waals surface area contributed by atoms with E-state index >= 15 is 0 Å². The van der Waals surface area contributed by atoms with Crippen molar-refractivity contribution >= 4 is 13.7 Å². The molecule has 0 fully saturated rings. The Morgan fingerprint density at radius 1 is 0.393 bits per heavy atom. The zero-order chi connectivity index (χ0) is 64.8. The van der Waals surface area contributed by atoms with Crippen molar-refractivity contribution in [3.05, 3.63) is 60.8 Å². The number of allylic oxidation sites excluding steroid dienone is 10. The molecule has 0 aliphatic heterocycles. The Morgan fingerprint density at radius 3 is 0.989 bits per heavy atom. The number of aliphatic hydroxyl groups excluding tert-OH is 1. The molecule has 0 aliphatic rings. The van der Waals surface area contributed by atoms with Crippen LogP contribution in [0.3, 0.4) is 0 Å². The van der Waals surface area contributed by atoms with Crippen LogP contribution in [-0.2, 0) is 18.4 Å². The molecule has 9 heteroatoms. The lowest BCUT2D eigenvalue weighted by molar-refractivity contribution is -0.870. The van der Waals surface area contributed by atoms with Gasteiger partial charge in [0, 0.05) is 6.42 Å². The summed E-state index contributed by atoms with van der Waals surface area (Å²) in [6.45, 7) is 4.83. The van der Waals surface area contributed by atoms with Crippen molar-refractivity contribution in [2.45, 2.75) is 405 Å². The number of likely N-dealkylation sites (N-methyl/N-ethyl adjacent to an activating group) is 1. The van der Waals surface area contributed by atoms with Crippen molar-refractivity contribution in [1.29, 1.82) is 0 Å². The van der Waals surface area contributed by atoms with Gasteiger partial charge in [0.1, 0.15) is 13.2 Å². The SMILES string of the molecule is CC/C=C\C/C=C\C/C=C\C/C=C\C/C=C\CCCCCCCCCCCCCCCCCCCCCCCCCC(=O)NC(COP(=O)(O)OCC[N+](C)(C)C)C(O)CCCCCCCCCCCCCCCCCCCCCCCCCCCCCC. The molecular formula is C80H154N2O6P+. The number of aliphatic hydroxyl groups is 1. The maximum absolute atomic E-state index is 13.1. The first-order chi connectivity index (χ1) is 43.5. The van der Waals surface area contributed by atoms with Crippen LogP contribution in [0.1, 0.15) is 393 Å². The maximum Gasteiger partial charge on any atom is 0.472 e. The number of carbonyl (C=O) groups is 1. The van der Waals surface area contributed by atoms with Gasteiger partial charge >= 0.3 is 7.82 Å². The third-order valence-electron chi connectivity index (χ3n) is 18.0. The number of carbonyl (C=O) groups excluding carboxylic acids is 1. The van der Waals surface area contributed by atoms with Crippen LogP contribution >= 0.6 is 7.82 Å². The number of phosphoric acid groups is 1. The van der Waals surface area contributed by atoms with Crippen LogP contribution in [0.4, 0.5) is 0 Å². The highest BCUT2D eigenvalue weighted by atomic mass is 31.2. The van der Waals surface area contributed by atoms with Gasteiger partial charge in [0.25, 0.3) is 0 Å². The quantitative estimate of drug-likeness (QED) is 0.0243. The molecule has 1 amide bonds. The first-order valence-corrected chi connectivity index (χ1v) is 40.6. The first kappa shape index (κ1) is 87.2. The fourth-order valence-electron chi connectivity index (χ4n) is 12.0. The van der Waals surface area contributed by atoms with Gasteiger partial charge in [-0.05, 0) is 57.8 Å². The Balaban J connectivity index is 3.92. The lowest BCUT2D eigenvalue weighted by Gasteiger charge is -2.26. The minimum Gasteiger partial charge on any atom is -0.391 e. The van der Waals surface area contributed by atoms with Gasteiger partial charge in [-0.2, -0.15) is 0 Å². The molecule has 0 rings (SSSR count). The molecular weight excluding hydrogens is 1120 g/mol. The predicted octanol–water partition coefficient (Wildman–Crippen LogP) is 25.5. The third-order valence-corrected chi connectivity index (χ3v) is 19.0. The molecule has 0 aromatic heterocycles. The molecule has 3 unspecified atom stereocenters. The fourth-order valence-corrected chi connectivity index (χ4v) is 12.8. The van der Waals surface area contributed by atoms with Gasteiger partial charge in [0.05, 0.1) is 39.9 Å². The highest BCUT2D eigenvalue weighted by molar-refractivity contribution is 7.47. The number of nitrogens with zero attached hydrogens (tertiary/aromatic N) is 1. The van der Waals surface area contributed by atoms with Crippen LogP contribution in [-0.4, -0.2) is 73.4 Å². The summed E-state index contributed by atoms with van der Waals surface area (Å²) in [4.78, 5) is 23.5. The van der Waals surface area contributed by atoms with Crippen molar-refractivity contribution in [2.24, 2.45) is 0 Å². The summed E-state index contributed by atoms with van der Waals surface area (Å²) in [5, 5.41) is 14.2. The zero-order valence-corrected chi connectivity index (χ0v) is 61.1. The fraction of sp³-hybridized carbons (Fsp3) is 0.863. The molecule has 0 spiro atoms. The summed E-state index contributed by atoms with van der Waals surface area (Å²) in [7, 11) is 1.64. The van der Waals surface area contributed by atoms with Gasteiger partial charge in [-0.15, -0.1) is 0 Å². The summed E-state index contributed by atoms with van der Waals surface area (Å²) in [5.41, 5.74) is 0. The number of nitrogens with one attached hydrogen (secondary N) is 1. The number of hydrogen-bond acceptors (Lipinski definition) is 5. The minimum absolute atomic E-state index is 0.0765. The lowest BCUT2D eigenvalue weighted by atomic mass is 10.0. The number of amides is 1. The van der Waals surface area contributed by atoms with E-state index in [1.807, 2.05) is 21.1 Å². The average Bonchev–Trinajstić information content (AvgIpc) is 3.55. The smallest absolute Gasteiger partial charge is 0.391 e. The monoisotopic (exact) mass is 1270 g/mol. The van der Waals surface area contributed by atoms with E-state index < -0.39 is 20.0 Å². The highest BCUT2D eigenvalue weighted by Crippen LogP contribution is 2.43. The summed E-state index contributed by atoms with van der Waals surface area (Å²) in [5.74, 6) is -0.136. The lowest BCUT2D eigenvalue weighted by Crippen LogP contribution is -2.46. The van der Waals surface area contributed by atoms with Gasteiger partial charge in [-0.1, -0.05) is 389 Å². The van der Waals surface area contributed by atoms with Gasteiger partial charge in [-0.3, -0.25) is 13.8 Å². The molecule has 0 heterocycles. The topological polar surface area (TPSA) is 105 Å². The zero-order valence-electron chi connectivity index (χ0n) is 60.2. The van der Waals surface area contributed by atoms with Gasteiger partial charge in [-0.25, -0.2) is 4.57 Å². The van der Waals surface area contributed by atoms with Crippen LogP contribution in [0.5, 0.6) is 0 Å². The number of hydrogen-bond donors (Lipinski definition) is 3. The Kier molecular flexibility index (Phi) is 69.1. The van der Waals surface area contributed by atoms with Crippen molar-refractivity contribution in [2.75, 3.05) is 40.9 Å². The second kappa shape index (κ2) is 70.5. The second-order valence-corrected chi connectivity index (χ2v) is 29.5. The molecule has 0 saturated heterocycles. The molecule has 524 valence electrons. The van der Waals surface area contributed by atoms with E-state index in [0.717, 1.165) is 70.6 Å². The van der Waals surface area contributed by atoms with E-state index in [0.29, 0.717) is 23.9 Å². The summed E-state index contributed by atoms with van der Waals surface area (Å²) in [6.07, 6.45) is 97.9. The normalized spacial score (nSPS) is 13.8. The van der Waals surface area contributed by atoms with Crippen LogP contribution < -0.4 is 5.32 Å². The van der Waals surface area contributed by atoms with Crippen LogP contribution in [0, 0.1) is 0 Å². The van der Waals surface area contributed by atoms with Gasteiger partial charge < -0.3 is 19.8 Å². The molecule has 0 aromatic carbocycles. The summed E-state index contributed by atoms with van der Waals surface area (Å²) in [6, 6.07) is -0.762. The number of phosphoric ester groups is 1. The van der Waals surface area contributed by atoms with Crippen LogP contribution in [0.2, 0.25) is 0 Å². The minimum atomic E-state index is -4.33. The molecule has 0 radical (unpaired) electrons. The van der Waals surface area contributed by atoms with E-state index in [1.54, 1.807) is 0 Å². The van der Waals surface area contributed by atoms with Gasteiger partial charge in [0.15, 0.2) is 0 Å². The average molecular weight is 1270 g/mol. The molecule has 0 saturated carbocycles. The highest BCUT2D eigenvalue weighted by Gasteiger charge is 2.28. The van der Waals surface area contributed by atoms with Crippen molar-refractivity contribution in [3.8, 4) is 0 Å². The molecule has 89 heavy (non-hydrogen) atoms. The van der Waals surface area contributed by atoms with E-state index in [1.165, 1.54) is 295 Å². The standard InChI is InChI=1S/C80H153N2O6P/c1-6-8-10-12-14-16-18-20-22-24-26-28-30-32-34-36-37-38-39-40-41-42-43-44-45-46-48-50-52-54-56-58-60-62-64-66-68-70-72-74-80(84)81-78(77-88-89(85,86)87-76-75-82(3,4)5)79(83)73-71-69-67-65-63-61-59-57-55-53-51-49-47-35-33-31-29-27-25-23-21-19-17-15-13-11-9-7-2/h8,10,14,16,20,22,26,28,32,34,78-79,83H,6-7,9,11-13,15,17-19,21,23-25,27,29-31,33,35-77H2,1-5H3,(H-,81,84,85,86)/p+1/b10-8-,16-14-,22-20-,28-26-,34-32-. The number of quaternary nitrogens is 1. The molecule has 3 N–H and O–H groups in total. The largest absolute Gasteiger partial charge is 0.472 e. The van der Waals surface area contributed by atoms with Crippen LogP contribution in [0.15, 0.2) is 60.8 Å². The summed E-state index contributed by atoms with van der Waals surface area (Å²) >= 11 is 0.